The van der Waals surface area contributed by atoms with Crippen molar-refractivity contribution in [3.8, 4) is 0 Å². The molecule has 0 amide bonds. The van der Waals surface area contributed by atoms with Crippen LogP contribution in [0.3, 0.4) is 0 Å². The van der Waals surface area contributed by atoms with Gasteiger partial charge < -0.3 is 5.32 Å². The molecule has 0 spiro atoms. The van der Waals surface area contributed by atoms with E-state index in [1.165, 1.54) is 5.56 Å². The predicted octanol–water partition coefficient (Wildman–Crippen LogP) is 2.42. The highest BCUT2D eigenvalue weighted by atomic mass is 35.5. The molecule has 16 heavy (non-hydrogen) atoms. The second-order valence-corrected chi connectivity index (χ2v) is 3.87. The Kier molecular flexibility index (Phi) is 3.86. The minimum absolute atomic E-state index is 0.741. The fourth-order valence-corrected chi connectivity index (χ4v) is 1.49. The molecule has 0 saturated carbocycles. The highest BCUT2D eigenvalue weighted by Crippen LogP contribution is 2.09. The van der Waals surface area contributed by atoms with Crippen LogP contribution >= 0.6 is 11.6 Å². The summed E-state index contributed by atoms with van der Waals surface area (Å²) in [6, 6.07) is 9.70. The number of nitrogens with one attached hydrogen (secondary N) is 1. The van der Waals surface area contributed by atoms with Crippen molar-refractivity contribution >= 4 is 11.6 Å². The molecule has 0 aliphatic carbocycles. The molecule has 1 aromatic carbocycles. The normalized spacial score (nSPS) is 10.3. The van der Waals surface area contributed by atoms with Gasteiger partial charge in [0.1, 0.15) is 6.33 Å². The Bertz CT molecular complexity index is 428. The third-order valence-corrected chi connectivity index (χ3v) is 2.44. The lowest BCUT2D eigenvalue weighted by molar-refractivity contribution is 0.678. The Labute approximate surface area is 99.5 Å². The zero-order valence-corrected chi connectivity index (χ0v) is 9.48. The van der Waals surface area contributed by atoms with Crippen molar-refractivity contribution in [1.29, 1.82) is 0 Å². The summed E-state index contributed by atoms with van der Waals surface area (Å²) in [5, 5.41) is 4.07. The average molecular weight is 234 g/mol. The summed E-state index contributed by atoms with van der Waals surface area (Å²) in [7, 11) is 0. The van der Waals surface area contributed by atoms with E-state index in [1.807, 2.05) is 30.3 Å². The van der Waals surface area contributed by atoms with Gasteiger partial charge in [0.05, 0.1) is 5.69 Å². The zero-order valence-electron chi connectivity index (χ0n) is 8.73. The first-order valence-electron chi connectivity index (χ1n) is 5.04. The zero-order chi connectivity index (χ0) is 11.2. The van der Waals surface area contributed by atoms with E-state index in [0.29, 0.717) is 0 Å². The minimum atomic E-state index is 0.741. The maximum absolute atomic E-state index is 5.80. The van der Waals surface area contributed by atoms with E-state index < -0.39 is 0 Å². The Morgan fingerprint density at radius 2 is 1.88 bits per heavy atom. The Morgan fingerprint density at radius 1 is 1.06 bits per heavy atom. The molecule has 0 atom stereocenters. The number of benzene rings is 1. The van der Waals surface area contributed by atoms with Crippen LogP contribution in [0.4, 0.5) is 0 Å². The van der Waals surface area contributed by atoms with Gasteiger partial charge in [-0.25, -0.2) is 9.97 Å². The molecule has 0 radical (unpaired) electrons. The molecule has 0 aliphatic heterocycles. The highest BCUT2D eigenvalue weighted by molar-refractivity contribution is 6.30. The summed E-state index contributed by atoms with van der Waals surface area (Å²) < 4.78 is 0. The van der Waals surface area contributed by atoms with Crippen LogP contribution in [0.1, 0.15) is 11.3 Å². The van der Waals surface area contributed by atoms with Crippen molar-refractivity contribution in [1.82, 2.24) is 15.3 Å². The molecular formula is C12H12ClN3. The summed E-state index contributed by atoms with van der Waals surface area (Å²) in [6.07, 6.45) is 3.30. The van der Waals surface area contributed by atoms with Crippen LogP contribution in [-0.4, -0.2) is 9.97 Å². The lowest BCUT2D eigenvalue weighted by Gasteiger charge is -2.04. The largest absolute Gasteiger partial charge is 0.307 e. The van der Waals surface area contributed by atoms with Crippen LogP contribution in [0.15, 0.2) is 42.9 Å². The van der Waals surface area contributed by atoms with Gasteiger partial charge in [0.15, 0.2) is 0 Å². The predicted molar refractivity (Wildman–Crippen MR) is 64.0 cm³/mol. The smallest absolute Gasteiger partial charge is 0.115 e. The standard InChI is InChI=1S/C12H12ClN3/c13-11-3-1-10(2-4-11)7-15-8-12-5-6-14-9-16-12/h1-6,9,15H,7-8H2. The van der Waals surface area contributed by atoms with Crippen LogP contribution in [0.25, 0.3) is 0 Å². The minimum Gasteiger partial charge on any atom is -0.307 e. The molecule has 1 N–H and O–H groups in total. The van der Waals surface area contributed by atoms with Crippen LogP contribution in [0, 0.1) is 0 Å². The molecule has 0 aliphatic rings. The van der Waals surface area contributed by atoms with Gasteiger partial charge >= 0.3 is 0 Å². The third kappa shape index (κ3) is 3.29. The summed E-state index contributed by atoms with van der Waals surface area (Å²) in [5.41, 5.74) is 2.20. The molecule has 2 rings (SSSR count). The van der Waals surface area contributed by atoms with Gasteiger partial charge in [-0.3, -0.25) is 0 Å². The fourth-order valence-electron chi connectivity index (χ4n) is 1.36. The second-order valence-electron chi connectivity index (χ2n) is 3.43. The Hall–Kier alpha value is -1.45. The van der Waals surface area contributed by atoms with Crippen molar-refractivity contribution in [2.45, 2.75) is 13.1 Å². The number of hydrogen-bond donors (Lipinski definition) is 1. The van der Waals surface area contributed by atoms with Crippen LogP contribution in [0.5, 0.6) is 0 Å². The van der Waals surface area contributed by atoms with Gasteiger partial charge in [-0.05, 0) is 23.8 Å². The quantitative estimate of drug-likeness (QED) is 0.882. The van der Waals surface area contributed by atoms with Crippen LogP contribution < -0.4 is 5.32 Å². The molecule has 0 bridgehead atoms. The number of hydrogen-bond acceptors (Lipinski definition) is 3. The van der Waals surface area contributed by atoms with E-state index in [9.17, 15) is 0 Å². The summed E-state index contributed by atoms with van der Waals surface area (Å²) in [4.78, 5) is 8.00. The summed E-state index contributed by atoms with van der Waals surface area (Å²) in [5.74, 6) is 0. The van der Waals surface area contributed by atoms with Gasteiger partial charge in [0, 0.05) is 24.3 Å². The molecule has 0 fully saturated rings. The van der Waals surface area contributed by atoms with E-state index in [2.05, 4.69) is 15.3 Å². The van der Waals surface area contributed by atoms with Gasteiger partial charge in [0.25, 0.3) is 0 Å². The molecule has 0 unspecified atom stereocenters. The van der Waals surface area contributed by atoms with Gasteiger partial charge in [-0.2, -0.15) is 0 Å². The van der Waals surface area contributed by atoms with Crippen molar-refractivity contribution in [3.63, 3.8) is 0 Å². The first-order valence-corrected chi connectivity index (χ1v) is 5.42. The maximum Gasteiger partial charge on any atom is 0.115 e. The molecule has 0 saturated heterocycles. The van der Waals surface area contributed by atoms with Gasteiger partial charge in [-0.15, -0.1) is 0 Å². The summed E-state index contributed by atoms with van der Waals surface area (Å²) in [6.45, 7) is 1.55. The molecule has 3 nitrogen and oxygen atoms in total. The third-order valence-electron chi connectivity index (χ3n) is 2.19. The van der Waals surface area contributed by atoms with Crippen LogP contribution in [-0.2, 0) is 13.1 Å². The first kappa shape index (κ1) is 11.0. The lowest BCUT2D eigenvalue weighted by atomic mass is 10.2. The van der Waals surface area contributed by atoms with Gasteiger partial charge in [-0.1, -0.05) is 23.7 Å². The Balaban J connectivity index is 1.82. The maximum atomic E-state index is 5.80. The number of halogens is 1. The topological polar surface area (TPSA) is 37.8 Å². The van der Waals surface area contributed by atoms with E-state index in [1.54, 1.807) is 12.5 Å². The first-order chi connectivity index (χ1) is 7.84. The lowest BCUT2D eigenvalue weighted by Crippen LogP contribution is -2.13. The van der Waals surface area contributed by atoms with Crippen molar-refractivity contribution in [2.24, 2.45) is 0 Å². The van der Waals surface area contributed by atoms with E-state index >= 15 is 0 Å². The van der Waals surface area contributed by atoms with Crippen molar-refractivity contribution in [2.75, 3.05) is 0 Å². The van der Waals surface area contributed by atoms with E-state index in [0.717, 1.165) is 23.8 Å². The van der Waals surface area contributed by atoms with Crippen molar-refractivity contribution < 1.29 is 0 Å². The second kappa shape index (κ2) is 5.58. The fraction of sp³-hybridized carbons (Fsp3) is 0.167. The van der Waals surface area contributed by atoms with Gasteiger partial charge in [0.2, 0.25) is 0 Å². The highest BCUT2D eigenvalue weighted by Gasteiger charge is 1.94. The summed E-state index contributed by atoms with van der Waals surface area (Å²) >= 11 is 5.80. The van der Waals surface area contributed by atoms with Crippen molar-refractivity contribution in [3.05, 3.63) is 59.1 Å². The number of aromatic nitrogens is 2. The average Bonchev–Trinajstić information content (AvgIpc) is 2.33. The molecular weight excluding hydrogens is 222 g/mol. The molecule has 82 valence electrons. The molecule has 1 heterocycles. The molecule has 2 aromatic rings. The Morgan fingerprint density at radius 3 is 2.56 bits per heavy atom. The molecule has 1 aromatic heterocycles. The SMILES string of the molecule is Clc1ccc(CNCc2ccncn2)cc1. The van der Waals surface area contributed by atoms with E-state index in [-0.39, 0.29) is 0 Å². The number of nitrogens with zero attached hydrogens (tertiary/aromatic N) is 2. The number of rotatable bonds is 4. The van der Waals surface area contributed by atoms with E-state index in [4.69, 9.17) is 11.6 Å². The monoisotopic (exact) mass is 233 g/mol. The molecule has 4 heteroatoms. The van der Waals surface area contributed by atoms with Crippen LogP contribution in [0.2, 0.25) is 5.02 Å².